The topological polar surface area (TPSA) is 85.9 Å². The number of rotatable bonds is 7. The summed E-state index contributed by atoms with van der Waals surface area (Å²) < 4.78 is 5.40. The number of para-hydroxylation sites is 1. The minimum atomic E-state index is -0.343. The molecule has 0 saturated carbocycles. The van der Waals surface area contributed by atoms with Crippen LogP contribution in [0.4, 0.5) is 21.9 Å². The van der Waals surface area contributed by atoms with Gasteiger partial charge in [0.2, 0.25) is 0 Å². The number of ether oxygens (including phenoxy) is 1. The van der Waals surface area contributed by atoms with Crippen molar-refractivity contribution in [2.24, 2.45) is 5.92 Å². The van der Waals surface area contributed by atoms with Crippen LogP contribution in [-0.2, 0) is 4.74 Å². The Morgan fingerprint density at radius 3 is 2.38 bits per heavy atom. The van der Waals surface area contributed by atoms with Crippen molar-refractivity contribution in [2.75, 3.05) is 68.0 Å². The number of urea groups is 1. The van der Waals surface area contributed by atoms with Crippen molar-refractivity contribution in [2.45, 2.75) is 19.8 Å². The average molecular weight is 466 g/mol. The van der Waals surface area contributed by atoms with Crippen molar-refractivity contribution in [3.63, 3.8) is 0 Å². The largest absolute Gasteiger partial charge is 0.379 e. The summed E-state index contributed by atoms with van der Waals surface area (Å²) in [5, 5.41) is 8.75. The first-order valence-electron chi connectivity index (χ1n) is 12.2. The lowest BCUT2D eigenvalue weighted by molar-refractivity contribution is 0.0383. The number of hydrogen-bond donors (Lipinski definition) is 3. The second kappa shape index (κ2) is 11.9. The molecule has 2 aliphatic heterocycles. The van der Waals surface area contributed by atoms with E-state index in [1.165, 1.54) is 0 Å². The minimum absolute atomic E-state index is 0.117. The summed E-state index contributed by atoms with van der Waals surface area (Å²) in [4.78, 5) is 30.3. The SMILES string of the molecule is CC1CCN(c2ccc(NC(=O)Nc3ccccc3)cc2C(=O)NCCN2CCOCC2)CC1. The van der Waals surface area contributed by atoms with Gasteiger partial charge in [0.1, 0.15) is 0 Å². The van der Waals surface area contributed by atoms with E-state index in [4.69, 9.17) is 4.74 Å². The lowest BCUT2D eigenvalue weighted by atomic mass is 9.98. The van der Waals surface area contributed by atoms with E-state index in [9.17, 15) is 9.59 Å². The molecule has 4 rings (SSSR count). The molecule has 2 aromatic rings. The van der Waals surface area contributed by atoms with E-state index >= 15 is 0 Å². The Hall–Kier alpha value is -3.10. The summed E-state index contributed by atoms with van der Waals surface area (Å²) in [6.45, 7) is 8.76. The van der Waals surface area contributed by atoms with Crippen LogP contribution in [0, 0.1) is 5.92 Å². The molecule has 8 nitrogen and oxygen atoms in total. The van der Waals surface area contributed by atoms with Gasteiger partial charge in [0.05, 0.1) is 18.8 Å². The molecular formula is C26H35N5O3. The van der Waals surface area contributed by atoms with Gasteiger partial charge in [-0.2, -0.15) is 0 Å². The second-order valence-electron chi connectivity index (χ2n) is 9.06. The van der Waals surface area contributed by atoms with Crippen molar-refractivity contribution in [1.29, 1.82) is 0 Å². The fraction of sp³-hybridized carbons (Fsp3) is 0.462. The van der Waals surface area contributed by atoms with Crippen LogP contribution in [0.15, 0.2) is 48.5 Å². The van der Waals surface area contributed by atoms with Gasteiger partial charge < -0.3 is 25.6 Å². The Morgan fingerprint density at radius 2 is 1.65 bits per heavy atom. The van der Waals surface area contributed by atoms with Gasteiger partial charge in [-0.15, -0.1) is 0 Å². The monoisotopic (exact) mass is 465 g/mol. The molecule has 0 spiro atoms. The summed E-state index contributed by atoms with van der Waals surface area (Å²) in [6, 6.07) is 14.5. The maximum atomic E-state index is 13.2. The van der Waals surface area contributed by atoms with Crippen LogP contribution in [0.2, 0.25) is 0 Å². The maximum absolute atomic E-state index is 13.2. The smallest absolute Gasteiger partial charge is 0.323 e. The number of benzene rings is 2. The molecule has 8 heteroatoms. The third-order valence-corrected chi connectivity index (χ3v) is 6.47. The lowest BCUT2D eigenvalue weighted by Gasteiger charge is -2.33. The molecule has 0 aromatic heterocycles. The van der Waals surface area contributed by atoms with E-state index in [-0.39, 0.29) is 11.9 Å². The van der Waals surface area contributed by atoms with Crippen LogP contribution in [0.25, 0.3) is 0 Å². The van der Waals surface area contributed by atoms with E-state index in [2.05, 4.69) is 32.7 Å². The van der Waals surface area contributed by atoms with Gasteiger partial charge in [0.25, 0.3) is 5.91 Å². The second-order valence-corrected chi connectivity index (χ2v) is 9.06. The fourth-order valence-electron chi connectivity index (χ4n) is 4.38. The molecule has 182 valence electrons. The molecule has 0 aliphatic carbocycles. The number of nitrogens with one attached hydrogen (secondary N) is 3. The molecule has 0 radical (unpaired) electrons. The fourth-order valence-corrected chi connectivity index (χ4v) is 4.38. The van der Waals surface area contributed by atoms with Gasteiger partial charge in [-0.25, -0.2) is 4.79 Å². The van der Waals surface area contributed by atoms with Gasteiger partial charge in [-0.1, -0.05) is 25.1 Å². The quantitative estimate of drug-likeness (QED) is 0.581. The zero-order chi connectivity index (χ0) is 23.8. The predicted molar refractivity (Wildman–Crippen MR) is 136 cm³/mol. The molecule has 2 saturated heterocycles. The van der Waals surface area contributed by atoms with E-state index < -0.39 is 0 Å². The maximum Gasteiger partial charge on any atom is 0.323 e. The number of anilines is 3. The van der Waals surface area contributed by atoms with E-state index in [1.54, 1.807) is 6.07 Å². The Kier molecular flexibility index (Phi) is 8.38. The van der Waals surface area contributed by atoms with Gasteiger partial charge in [-0.3, -0.25) is 9.69 Å². The number of amides is 3. The summed E-state index contributed by atoms with van der Waals surface area (Å²) >= 11 is 0. The van der Waals surface area contributed by atoms with Crippen molar-refractivity contribution >= 4 is 29.0 Å². The van der Waals surface area contributed by atoms with Crippen LogP contribution in [0.5, 0.6) is 0 Å². The highest BCUT2D eigenvalue weighted by molar-refractivity contribution is 6.04. The number of nitrogens with zero attached hydrogens (tertiary/aromatic N) is 2. The first kappa shape index (κ1) is 24.0. The molecule has 2 heterocycles. The van der Waals surface area contributed by atoms with Crippen molar-refractivity contribution in [3.05, 3.63) is 54.1 Å². The molecule has 0 bridgehead atoms. The number of piperidine rings is 1. The standard InChI is InChI=1S/C26H35N5O3/c1-20-9-12-31(13-10-20)24-8-7-22(29-26(33)28-21-5-3-2-4-6-21)19-23(24)25(32)27-11-14-30-15-17-34-18-16-30/h2-8,19-20H,9-18H2,1H3,(H,27,32)(H2,28,29,33). The third-order valence-electron chi connectivity index (χ3n) is 6.47. The molecule has 3 N–H and O–H groups in total. The Balaban J connectivity index is 1.45. The minimum Gasteiger partial charge on any atom is -0.379 e. The van der Waals surface area contributed by atoms with Gasteiger partial charge in [0, 0.05) is 56.3 Å². The average Bonchev–Trinajstić information content (AvgIpc) is 2.86. The Bertz CT molecular complexity index is 954. The Labute approximate surface area is 201 Å². The highest BCUT2D eigenvalue weighted by atomic mass is 16.5. The van der Waals surface area contributed by atoms with Crippen LogP contribution in [0.3, 0.4) is 0 Å². The molecule has 2 aromatic carbocycles. The van der Waals surface area contributed by atoms with E-state index in [0.717, 1.165) is 64.5 Å². The van der Waals surface area contributed by atoms with Crippen LogP contribution < -0.4 is 20.9 Å². The molecule has 0 atom stereocenters. The van der Waals surface area contributed by atoms with Crippen LogP contribution in [0.1, 0.15) is 30.1 Å². The van der Waals surface area contributed by atoms with Crippen molar-refractivity contribution in [1.82, 2.24) is 10.2 Å². The first-order chi connectivity index (χ1) is 16.6. The molecule has 0 unspecified atom stereocenters. The number of carbonyl (C=O) groups excluding carboxylic acids is 2. The number of carbonyl (C=O) groups is 2. The highest BCUT2D eigenvalue weighted by Crippen LogP contribution is 2.29. The Morgan fingerprint density at radius 1 is 0.941 bits per heavy atom. The van der Waals surface area contributed by atoms with Gasteiger partial charge in [0.15, 0.2) is 0 Å². The highest BCUT2D eigenvalue weighted by Gasteiger charge is 2.22. The normalized spacial score (nSPS) is 17.3. The summed E-state index contributed by atoms with van der Waals surface area (Å²) in [5.41, 5.74) is 2.81. The predicted octanol–water partition coefficient (Wildman–Crippen LogP) is 3.63. The molecular weight excluding hydrogens is 430 g/mol. The van der Waals surface area contributed by atoms with Gasteiger partial charge in [-0.05, 0) is 49.1 Å². The molecule has 34 heavy (non-hydrogen) atoms. The van der Waals surface area contributed by atoms with E-state index in [0.29, 0.717) is 29.4 Å². The lowest BCUT2D eigenvalue weighted by Crippen LogP contribution is -2.41. The number of morpholine rings is 1. The van der Waals surface area contributed by atoms with Crippen molar-refractivity contribution < 1.29 is 14.3 Å². The first-order valence-corrected chi connectivity index (χ1v) is 12.2. The summed E-state index contributed by atoms with van der Waals surface area (Å²) in [7, 11) is 0. The zero-order valence-corrected chi connectivity index (χ0v) is 19.9. The van der Waals surface area contributed by atoms with E-state index in [1.807, 2.05) is 42.5 Å². The summed E-state index contributed by atoms with van der Waals surface area (Å²) in [5.74, 6) is 0.582. The van der Waals surface area contributed by atoms with Crippen molar-refractivity contribution in [3.8, 4) is 0 Å². The molecule has 2 aliphatic rings. The zero-order valence-electron chi connectivity index (χ0n) is 19.9. The van der Waals surface area contributed by atoms with Crippen LogP contribution >= 0.6 is 0 Å². The van der Waals surface area contributed by atoms with Crippen LogP contribution in [-0.4, -0.2) is 69.3 Å². The molecule has 3 amide bonds. The number of hydrogen-bond acceptors (Lipinski definition) is 5. The molecule has 2 fully saturated rings. The third kappa shape index (κ3) is 6.71. The van der Waals surface area contributed by atoms with Gasteiger partial charge >= 0.3 is 6.03 Å². The summed E-state index contributed by atoms with van der Waals surface area (Å²) in [6.07, 6.45) is 2.22.